The smallest absolute Gasteiger partial charge is 0.161 e. The summed E-state index contributed by atoms with van der Waals surface area (Å²) in [7, 11) is 0. The van der Waals surface area contributed by atoms with Gasteiger partial charge in [-0.1, -0.05) is 24.4 Å². The van der Waals surface area contributed by atoms with Crippen LogP contribution in [-0.4, -0.2) is 9.97 Å². The van der Waals surface area contributed by atoms with E-state index in [0.717, 1.165) is 24.1 Å². The zero-order valence-electron chi connectivity index (χ0n) is 11.4. The molecule has 0 saturated heterocycles. The molecule has 4 heteroatoms. The first-order valence-corrected chi connectivity index (χ1v) is 7.32. The predicted molar refractivity (Wildman–Crippen MR) is 78.4 cm³/mol. The summed E-state index contributed by atoms with van der Waals surface area (Å²) in [5, 5.41) is 0.457. The number of halogens is 2. The fraction of sp³-hybridized carbons (Fsp3) is 0.375. The maximum Gasteiger partial charge on any atom is 0.161 e. The van der Waals surface area contributed by atoms with Gasteiger partial charge in [-0.15, -0.1) is 0 Å². The van der Waals surface area contributed by atoms with E-state index in [4.69, 9.17) is 11.6 Å². The van der Waals surface area contributed by atoms with Crippen molar-refractivity contribution in [3.05, 3.63) is 46.5 Å². The van der Waals surface area contributed by atoms with Gasteiger partial charge in [0.2, 0.25) is 0 Å². The first-order valence-electron chi connectivity index (χ1n) is 6.94. The molecule has 0 unspecified atom stereocenters. The van der Waals surface area contributed by atoms with Crippen LogP contribution in [0.1, 0.15) is 42.9 Å². The van der Waals surface area contributed by atoms with Crippen molar-refractivity contribution in [1.82, 2.24) is 9.97 Å². The van der Waals surface area contributed by atoms with Gasteiger partial charge in [-0.05, 0) is 49.6 Å². The van der Waals surface area contributed by atoms with E-state index in [-0.39, 0.29) is 5.82 Å². The molecule has 20 heavy (non-hydrogen) atoms. The maximum atomic E-state index is 13.4. The minimum Gasteiger partial charge on any atom is -0.233 e. The number of nitrogens with zero attached hydrogens (tertiary/aromatic N) is 2. The molecule has 0 bridgehead atoms. The predicted octanol–water partition coefficient (Wildman–Crippen LogP) is 4.90. The van der Waals surface area contributed by atoms with Crippen LogP contribution in [0.4, 0.5) is 4.39 Å². The fourth-order valence-corrected chi connectivity index (χ4v) is 2.97. The Balaban J connectivity index is 2.02. The van der Waals surface area contributed by atoms with Crippen molar-refractivity contribution in [1.29, 1.82) is 0 Å². The Morgan fingerprint density at radius 1 is 1.15 bits per heavy atom. The van der Waals surface area contributed by atoms with E-state index < -0.39 is 0 Å². The highest BCUT2D eigenvalue weighted by Gasteiger charge is 2.20. The molecule has 0 N–H and O–H groups in total. The Morgan fingerprint density at radius 3 is 2.60 bits per heavy atom. The molecule has 2 nitrogen and oxygen atoms in total. The van der Waals surface area contributed by atoms with Crippen LogP contribution in [0.25, 0.3) is 11.4 Å². The Kier molecular flexibility index (Phi) is 3.70. The molecule has 1 aromatic carbocycles. The summed E-state index contributed by atoms with van der Waals surface area (Å²) >= 11 is 6.12. The summed E-state index contributed by atoms with van der Waals surface area (Å²) in [6.45, 7) is 1.74. The summed E-state index contributed by atoms with van der Waals surface area (Å²) in [6, 6.07) is 6.77. The lowest BCUT2D eigenvalue weighted by molar-refractivity contribution is 0.618. The standard InChI is InChI=1S/C16H16ClFN2/c1-10-8-12(6-7-13(10)18)16-19-14(9-15(17)20-16)11-4-2-3-5-11/h6-9,11H,2-5H2,1H3. The first-order chi connectivity index (χ1) is 9.63. The maximum absolute atomic E-state index is 13.4. The molecule has 0 spiro atoms. The average Bonchev–Trinajstić information content (AvgIpc) is 2.95. The molecule has 1 heterocycles. The highest BCUT2D eigenvalue weighted by Crippen LogP contribution is 2.34. The largest absolute Gasteiger partial charge is 0.233 e. The molecular weight excluding hydrogens is 275 g/mol. The Labute approximate surface area is 123 Å². The van der Waals surface area contributed by atoms with Crippen LogP contribution >= 0.6 is 11.6 Å². The van der Waals surface area contributed by atoms with Gasteiger partial charge in [0.05, 0.1) is 0 Å². The molecule has 0 aliphatic heterocycles. The Morgan fingerprint density at radius 2 is 1.90 bits per heavy atom. The summed E-state index contributed by atoms with van der Waals surface area (Å²) in [5.41, 5.74) is 2.42. The highest BCUT2D eigenvalue weighted by molar-refractivity contribution is 6.29. The monoisotopic (exact) mass is 290 g/mol. The van der Waals surface area contributed by atoms with Crippen LogP contribution < -0.4 is 0 Å². The zero-order valence-corrected chi connectivity index (χ0v) is 12.1. The van der Waals surface area contributed by atoms with Crippen LogP contribution in [0.5, 0.6) is 0 Å². The van der Waals surface area contributed by atoms with Gasteiger partial charge in [-0.25, -0.2) is 14.4 Å². The van der Waals surface area contributed by atoms with E-state index >= 15 is 0 Å². The Hall–Kier alpha value is -1.48. The quantitative estimate of drug-likeness (QED) is 0.735. The van der Waals surface area contributed by atoms with Crippen molar-refractivity contribution in [2.75, 3.05) is 0 Å². The number of rotatable bonds is 2. The fourth-order valence-electron chi connectivity index (χ4n) is 2.78. The number of benzene rings is 1. The second-order valence-electron chi connectivity index (χ2n) is 5.38. The van der Waals surface area contributed by atoms with Crippen molar-refractivity contribution in [3.8, 4) is 11.4 Å². The molecular formula is C16H16ClFN2. The summed E-state index contributed by atoms with van der Waals surface area (Å²) < 4.78 is 13.4. The second kappa shape index (κ2) is 5.49. The number of hydrogen-bond donors (Lipinski definition) is 0. The van der Waals surface area contributed by atoms with Crippen molar-refractivity contribution < 1.29 is 4.39 Å². The molecule has 0 radical (unpaired) electrons. The van der Waals surface area contributed by atoms with Gasteiger partial charge >= 0.3 is 0 Å². The van der Waals surface area contributed by atoms with E-state index in [1.807, 2.05) is 6.07 Å². The third-order valence-corrected chi connectivity index (χ3v) is 4.10. The number of hydrogen-bond acceptors (Lipinski definition) is 2. The average molecular weight is 291 g/mol. The minimum absolute atomic E-state index is 0.216. The normalized spacial score (nSPS) is 15.8. The third-order valence-electron chi connectivity index (χ3n) is 3.90. The van der Waals surface area contributed by atoms with Gasteiger partial charge in [-0.3, -0.25) is 0 Å². The van der Waals surface area contributed by atoms with Crippen molar-refractivity contribution in [2.24, 2.45) is 0 Å². The van der Waals surface area contributed by atoms with Crippen molar-refractivity contribution in [3.63, 3.8) is 0 Å². The lowest BCUT2D eigenvalue weighted by Gasteiger charge is -2.11. The topological polar surface area (TPSA) is 25.8 Å². The molecule has 0 amide bonds. The number of aryl methyl sites for hydroxylation is 1. The van der Waals surface area contributed by atoms with Crippen LogP contribution in [-0.2, 0) is 0 Å². The highest BCUT2D eigenvalue weighted by atomic mass is 35.5. The van der Waals surface area contributed by atoms with Gasteiger partial charge in [0, 0.05) is 17.2 Å². The van der Waals surface area contributed by atoms with Crippen molar-refractivity contribution >= 4 is 11.6 Å². The molecule has 1 fully saturated rings. The number of aromatic nitrogens is 2. The summed E-state index contributed by atoms with van der Waals surface area (Å²) in [5.74, 6) is 0.852. The first kappa shape index (κ1) is 13.5. The molecule has 2 aromatic rings. The molecule has 1 aliphatic rings. The summed E-state index contributed by atoms with van der Waals surface area (Å²) in [6.07, 6.45) is 4.82. The van der Waals surface area contributed by atoms with Crippen LogP contribution in [0.15, 0.2) is 24.3 Å². The minimum atomic E-state index is -0.216. The van der Waals surface area contributed by atoms with Crippen LogP contribution in [0.3, 0.4) is 0 Å². The van der Waals surface area contributed by atoms with Gasteiger partial charge < -0.3 is 0 Å². The SMILES string of the molecule is Cc1cc(-c2nc(Cl)cc(C3CCCC3)n2)ccc1F. The third kappa shape index (κ3) is 2.68. The van der Waals surface area contributed by atoms with E-state index in [2.05, 4.69) is 9.97 Å². The van der Waals surface area contributed by atoms with E-state index in [0.29, 0.717) is 22.5 Å². The summed E-state index contributed by atoms with van der Waals surface area (Å²) in [4.78, 5) is 8.92. The van der Waals surface area contributed by atoms with Gasteiger partial charge in [0.15, 0.2) is 5.82 Å². The van der Waals surface area contributed by atoms with Gasteiger partial charge in [0.1, 0.15) is 11.0 Å². The molecule has 104 valence electrons. The Bertz CT molecular complexity index is 636. The van der Waals surface area contributed by atoms with Crippen molar-refractivity contribution in [2.45, 2.75) is 38.5 Å². The van der Waals surface area contributed by atoms with E-state index in [1.54, 1.807) is 19.1 Å². The lowest BCUT2D eigenvalue weighted by Crippen LogP contribution is -2.01. The molecule has 1 aliphatic carbocycles. The van der Waals surface area contributed by atoms with E-state index in [1.165, 1.54) is 18.9 Å². The van der Waals surface area contributed by atoms with E-state index in [9.17, 15) is 4.39 Å². The lowest BCUT2D eigenvalue weighted by atomic mass is 10.0. The molecule has 1 saturated carbocycles. The second-order valence-corrected chi connectivity index (χ2v) is 5.77. The zero-order chi connectivity index (χ0) is 14.1. The molecule has 0 atom stereocenters. The van der Waals surface area contributed by atoms with Gasteiger partial charge in [0.25, 0.3) is 0 Å². The molecule has 1 aromatic heterocycles. The van der Waals surface area contributed by atoms with Gasteiger partial charge in [-0.2, -0.15) is 0 Å². The van der Waals surface area contributed by atoms with Crippen LogP contribution in [0, 0.1) is 12.7 Å². The molecule has 3 rings (SSSR count). The van der Waals surface area contributed by atoms with Crippen LogP contribution in [0.2, 0.25) is 5.15 Å².